The Hall–Kier alpha value is -1.27. The van der Waals surface area contributed by atoms with Crippen molar-refractivity contribution in [3.05, 3.63) is 29.3 Å². The maximum Gasteiger partial charge on any atom is 0.235 e. The van der Waals surface area contributed by atoms with Gasteiger partial charge in [-0.3, -0.25) is 9.71 Å². The van der Waals surface area contributed by atoms with Gasteiger partial charge >= 0.3 is 0 Å². The van der Waals surface area contributed by atoms with E-state index in [2.05, 4.69) is 0 Å². The van der Waals surface area contributed by atoms with Gasteiger partial charge in [0.2, 0.25) is 10.0 Å². The van der Waals surface area contributed by atoms with E-state index in [9.17, 15) is 8.42 Å². The molecule has 0 bridgehead atoms. The largest absolute Gasteiger partial charge is 0.386 e. The summed E-state index contributed by atoms with van der Waals surface area (Å²) in [6.07, 6.45) is 0. The molecule has 0 fully saturated rings. The van der Waals surface area contributed by atoms with Crippen LogP contribution < -0.4 is 10.0 Å². The Bertz CT molecular complexity index is 499. The first kappa shape index (κ1) is 13.8. The highest BCUT2D eigenvalue weighted by Crippen LogP contribution is 2.20. The second kappa shape index (κ2) is 5.37. The van der Waals surface area contributed by atoms with Crippen LogP contribution >= 0.6 is 11.6 Å². The Morgan fingerprint density at radius 2 is 1.94 bits per heavy atom. The third kappa shape index (κ3) is 3.61. The predicted octanol–water partition coefficient (Wildman–Crippen LogP) is 1.43. The molecule has 0 unspecified atom stereocenters. The zero-order chi connectivity index (χ0) is 13.1. The van der Waals surface area contributed by atoms with Crippen molar-refractivity contribution in [2.45, 2.75) is 6.92 Å². The Labute approximate surface area is 106 Å². The van der Waals surface area contributed by atoms with Crippen molar-refractivity contribution in [1.82, 2.24) is 0 Å². The zero-order valence-electron chi connectivity index (χ0n) is 9.35. The molecular formula is C10H14ClN3O2S. The molecule has 0 radical (unpaired) electrons. The fourth-order valence-corrected chi connectivity index (χ4v) is 2.48. The lowest BCUT2D eigenvalue weighted by molar-refractivity contribution is 0.594. The minimum absolute atomic E-state index is 0.0527. The van der Waals surface area contributed by atoms with Gasteiger partial charge in [0.25, 0.3) is 0 Å². The van der Waals surface area contributed by atoms with Gasteiger partial charge in [0.05, 0.1) is 18.0 Å². The SMILES string of the molecule is CCS(=O)(=O)N(CC(=N)N)c1ccc(Cl)cc1. The molecule has 0 atom stereocenters. The van der Waals surface area contributed by atoms with E-state index in [4.69, 9.17) is 22.7 Å². The lowest BCUT2D eigenvalue weighted by Gasteiger charge is -2.23. The summed E-state index contributed by atoms with van der Waals surface area (Å²) >= 11 is 5.74. The maximum atomic E-state index is 11.9. The first-order chi connectivity index (χ1) is 7.86. The monoisotopic (exact) mass is 275 g/mol. The molecule has 0 aliphatic carbocycles. The predicted molar refractivity (Wildman–Crippen MR) is 70.2 cm³/mol. The Kier molecular flexibility index (Phi) is 4.36. The first-order valence-corrected chi connectivity index (χ1v) is 6.94. The highest BCUT2D eigenvalue weighted by Gasteiger charge is 2.21. The van der Waals surface area contributed by atoms with Crippen LogP contribution in [0.3, 0.4) is 0 Å². The Morgan fingerprint density at radius 1 is 1.41 bits per heavy atom. The van der Waals surface area contributed by atoms with Crippen LogP contribution in [-0.2, 0) is 10.0 Å². The molecule has 0 saturated carbocycles. The molecule has 7 heteroatoms. The smallest absolute Gasteiger partial charge is 0.235 e. The number of anilines is 1. The van der Waals surface area contributed by atoms with Crippen molar-refractivity contribution in [3.8, 4) is 0 Å². The van der Waals surface area contributed by atoms with E-state index in [0.29, 0.717) is 10.7 Å². The fraction of sp³-hybridized carbons (Fsp3) is 0.300. The van der Waals surface area contributed by atoms with Gasteiger partial charge in [-0.2, -0.15) is 0 Å². The molecule has 0 amide bonds. The highest BCUT2D eigenvalue weighted by molar-refractivity contribution is 7.92. The van der Waals surface area contributed by atoms with Crippen LogP contribution in [0.15, 0.2) is 24.3 Å². The zero-order valence-corrected chi connectivity index (χ0v) is 10.9. The van der Waals surface area contributed by atoms with Crippen molar-refractivity contribution in [1.29, 1.82) is 5.41 Å². The number of rotatable bonds is 5. The summed E-state index contributed by atoms with van der Waals surface area (Å²) in [6.45, 7) is 1.39. The number of halogens is 1. The number of nitrogens with two attached hydrogens (primary N) is 1. The van der Waals surface area contributed by atoms with E-state index in [1.165, 1.54) is 0 Å². The van der Waals surface area contributed by atoms with Gasteiger partial charge in [0.15, 0.2) is 0 Å². The van der Waals surface area contributed by atoms with E-state index >= 15 is 0 Å². The third-order valence-corrected chi connectivity index (χ3v) is 4.12. The molecule has 0 saturated heterocycles. The van der Waals surface area contributed by atoms with Gasteiger partial charge in [-0.25, -0.2) is 8.42 Å². The normalized spacial score (nSPS) is 11.2. The van der Waals surface area contributed by atoms with Crippen LogP contribution in [0.1, 0.15) is 6.92 Å². The van der Waals surface area contributed by atoms with Crippen LogP contribution in [0.5, 0.6) is 0 Å². The number of amidine groups is 1. The Balaban J connectivity index is 3.15. The number of nitrogens with one attached hydrogen (secondary N) is 1. The average molecular weight is 276 g/mol. The lowest BCUT2D eigenvalue weighted by atomic mass is 10.3. The van der Waals surface area contributed by atoms with Gasteiger partial charge in [-0.15, -0.1) is 0 Å². The first-order valence-electron chi connectivity index (χ1n) is 4.95. The number of hydrogen-bond acceptors (Lipinski definition) is 3. The molecule has 0 spiro atoms. The lowest BCUT2D eigenvalue weighted by Crippen LogP contribution is -2.39. The molecule has 1 aromatic rings. The summed E-state index contributed by atoms with van der Waals surface area (Å²) in [5, 5.41) is 7.74. The minimum Gasteiger partial charge on any atom is -0.386 e. The number of nitrogens with zero attached hydrogens (tertiary/aromatic N) is 1. The molecular weight excluding hydrogens is 262 g/mol. The second-order valence-electron chi connectivity index (χ2n) is 3.41. The summed E-state index contributed by atoms with van der Waals surface area (Å²) in [5.41, 5.74) is 5.71. The van der Waals surface area contributed by atoms with Crippen molar-refractivity contribution in [2.75, 3.05) is 16.6 Å². The standard InChI is InChI=1S/C10H14ClN3O2S/c1-2-17(15,16)14(7-10(12)13)9-5-3-8(11)4-6-9/h3-6H,2,7H2,1H3,(H3,12,13). The van der Waals surface area contributed by atoms with Crippen molar-refractivity contribution in [3.63, 3.8) is 0 Å². The highest BCUT2D eigenvalue weighted by atomic mass is 35.5. The van der Waals surface area contributed by atoms with Crippen LogP contribution in [0.2, 0.25) is 5.02 Å². The van der Waals surface area contributed by atoms with Gasteiger partial charge < -0.3 is 5.73 Å². The summed E-state index contributed by atoms with van der Waals surface area (Å²) in [5.74, 6) is -0.264. The van der Waals surface area contributed by atoms with E-state index in [1.807, 2.05) is 0 Å². The van der Waals surface area contributed by atoms with Gasteiger partial charge in [0.1, 0.15) is 5.84 Å². The van der Waals surface area contributed by atoms with Crippen LogP contribution in [0.25, 0.3) is 0 Å². The van der Waals surface area contributed by atoms with Crippen molar-refractivity contribution >= 4 is 33.1 Å². The summed E-state index contributed by atoms with van der Waals surface area (Å²) in [6, 6.07) is 6.35. The number of benzene rings is 1. The van der Waals surface area contributed by atoms with E-state index < -0.39 is 10.0 Å². The van der Waals surface area contributed by atoms with E-state index in [1.54, 1.807) is 31.2 Å². The van der Waals surface area contributed by atoms with Crippen LogP contribution in [0.4, 0.5) is 5.69 Å². The molecule has 0 heterocycles. The quantitative estimate of drug-likeness (QED) is 0.629. The maximum absolute atomic E-state index is 11.9. The van der Waals surface area contributed by atoms with Crippen LogP contribution in [0, 0.1) is 5.41 Å². The molecule has 1 aromatic carbocycles. The van der Waals surface area contributed by atoms with E-state index in [-0.39, 0.29) is 18.1 Å². The van der Waals surface area contributed by atoms with Gasteiger partial charge in [-0.05, 0) is 31.2 Å². The molecule has 17 heavy (non-hydrogen) atoms. The fourth-order valence-electron chi connectivity index (χ4n) is 1.27. The van der Waals surface area contributed by atoms with Crippen molar-refractivity contribution in [2.24, 2.45) is 5.73 Å². The average Bonchev–Trinajstić information content (AvgIpc) is 2.27. The van der Waals surface area contributed by atoms with Gasteiger partial charge in [-0.1, -0.05) is 11.6 Å². The van der Waals surface area contributed by atoms with Gasteiger partial charge in [0, 0.05) is 5.02 Å². The van der Waals surface area contributed by atoms with Crippen LogP contribution in [-0.4, -0.2) is 26.6 Å². The molecule has 0 aliphatic heterocycles. The summed E-state index contributed by atoms with van der Waals surface area (Å²) in [7, 11) is -3.45. The molecule has 1 rings (SSSR count). The van der Waals surface area contributed by atoms with Crippen molar-refractivity contribution < 1.29 is 8.42 Å². The molecule has 3 N–H and O–H groups in total. The summed E-state index contributed by atoms with van der Waals surface area (Å²) < 4.78 is 24.8. The molecule has 0 aromatic heterocycles. The molecule has 94 valence electrons. The minimum atomic E-state index is -3.45. The third-order valence-electron chi connectivity index (χ3n) is 2.13. The van der Waals surface area contributed by atoms with E-state index in [0.717, 1.165) is 4.31 Å². The second-order valence-corrected chi connectivity index (χ2v) is 6.03. The number of hydrogen-bond donors (Lipinski definition) is 2. The number of sulfonamides is 1. The topological polar surface area (TPSA) is 87.2 Å². The summed E-state index contributed by atoms with van der Waals surface area (Å²) in [4.78, 5) is 0. The molecule has 5 nitrogen and oxygen atoms in total. The Morgan fingerprint density at radius 3 is 2.35 bits per heavy atom. The molecule has 0 aliphatic rings.